The molecule has 0 saturated heterocycles. The molecular weight excluding hydrogens is 500 g/mol. The second-order valence-corrected chi connectivity index (χ2v) is 9.46. The molecule has 37 heavy (non-hydrogen) atoms. The van der Waals surface area contributed by atoms with Crippen molar-refractivity contribution in [2.75, 3.05) is 7.11 Å². The molecule has 0 amide bonds. The molecule has 3 aromatic carbocycles. The molecule has 0 aliphatic heterocycles. The number of benzene rings is 3. The summed E-state index contributed by atoms with van der Waals surface area (Å²) in [6, 6.07) is 12.7. The van der Waals surface area contributed by atoms with Crippen molar-refractivity contribution in [3.8, 4) is 0 Å². The third kappa shape index (κ3) is 6.16. The molecule has 3 rings (SSSR count). The first kappa shape index (κ1) is 27.4. The molecule has 0 saturated carbocycles. The molecule has 0 spiro atoms. The molecule has 0 fully saturated rings. The maximum Gasteiger partial charge on any atom is 0.339 e. The van der Waals surface area contributed by atoms with Crippen LogP contribution in [0.2, 0.25) is 0 Å². The summed E-state index contributed by atoms with van der Waals surface area (Å²) in [5.74, 6) is -4.58. The van der Waals surface area contributed by atoms with E-state index in [-0.39, 0.29) is 33.1 Å². The normalized spacial score (nSPS) is 11.5. The first-order chi connectivity index (χ1) is 17.6. The number of hydrogen-bond donors (Lipinski definition) is 2. The van der Waals surface area contributed by atoms with Crippen molar-refractivity contribution in [1.29, 1.82) is 0 Å². The van der Waals surface area contributed by atoms with E-state index in [4.69, 9.17) is 4.74 Å². The summed E-state index contributed by atoms with van der Waals surface area (Å²) < 4.78 is 23.1. The Hall–Kier alpha value is -4.15. The third-order valence-electron chi connectivity index (χ3n) is 5.65. The Bertz CT molecular complexity index is 1380. The van der Waals surface area contributed by atoms with E-state index in [1.165, 1.54) is 23.8 Å². The zero-order chi connectivity index (χ0) is 27.3. The Morgan fingerprint density at radius 2 is 1.41 bits per heavy atom. The quantitative estimate of drug-likeness (QED) is 0.309. The van der Waals surface area contributed by atoms with Crippen LogP contribution in [0.4, 0.5) is 0 Å². The van der Waals surface area contributed by atoms with Crippen molar-refractivity contribution in [3.63, 3.8) is 0 Å². The van der Waals surface area contributed by atoms with Crippen molar-refractivity contribution in [2.24, 2.45) is 0 Å². The highest BCUT2D eigenvalue weighted by Crippen LogP contribution is 2.26. The van der Waals surface area contributed by atoms with Crippen LogP contribution in [-0.2, 0) is 33.7 Å². The van der Waals surface area contributed by atoms with Gasteiger partial charge in [0.2, 0.25) is 0 Å². The lowest BCUT2D eigenvalue weighted by Crippen LogP contribution is -2.15. The molecule has 0 aliphatic carbocycles. The van der Waals surface area contributed by atoms with Crippen LogP contribution in [0.1, 0.15) is 65.0 Å². The zero-order valence-electron chi connectivity index (χ0n) is 20.3. The van der Waals surface area contributed by atoms with Crippen LogP contribution in [-0.4, -0.2) is 45.8 Å². The van der Waals surface area contributed by atoms with Crippen LogP contribution in [0.25, 0.3) is 0 Å². The van der Waals surface area contributed by atoms with Gasteiger partial charge in [0.1, 0.15) is 6.61 Å². The van der Waals surface area contributed by atoms with E-state index in [0.717, 1.165) is 42.9 Å². The first-order valence-electron chi connectivity index (χ1n) is 11.1. The molecule has 10 heteroatoms. The van der Waals surface area contributed by atoms with Crippen molar-refractivity contribution in [2.45, 2.75) is 36.7 Å². The van der Waals surface area contributed by atoms with Crippen molar-refractivity contribution in [1.82, 2.24) is 0 Å². The Labute approximate surface area is 215 Å². The molecule has 0 bridgehead atoms. The molecule has 192 valence electrons. The van der Waals surface area contributed by atoms with Gasteiger partial charge in [0, 0.05) is 23.3 Å². The van der Waals surface area contributed by atoms with Gasteiger partial charge in [-0.3, -0.25) is 0 Å². The summed E-state index contributed by atoms with van der Waals surface area (Å²) in [6.07, 6.45) is 0.870. The molecule has 0 heterocycles. The Kier molecular flexibility index (Phi) is 8.69. The summed E-state index contributed by atoms with van der Waals surface area (Å²) >= 11 is -2.00. The SMILES string of the molecule is CCc1ccc(COC(=O)c2ccc([S+]([O-])c3ccc(C(=O)O)c(C(=O)OC)c3)cc2C(=O)O)cc1C. The average Bonchev–Trinajstić information content (AvgIpc) is 2.90. The van der Waals surface area contributed by atoms with Gasteiger partial charge >= 0.3 is 23.9 Å². The number of rotatable bonds is 9. The molecule has 9 nitrogen and oxygen atoms in total. The van der Waals surface area contributed by atoms with Crippen molar-refractivity contribution < 1.29 is 43.4 Å². The van der Waals surface area contributed by atoms with Gasteiger partial charge in [0.15, 0.2) is 9.79 Å². The molecule has 1 atom stereocenters. The van der Waals surface area contributed by atoms with Crippen LogP contribution in [0, 0.1) is 6.92 Å². The molecule has 2 N–H and O–H groups in total. The van der Waals surface area contributed by atoms with Crippen LogP contribution < -0.4 is 0 Å². The number of aryl methyl sites for hydroxylation is 2. The number of ether oxygens (including phenoxy) is 2. The summed E-state index contributed by atoms with van der Waals surface area (Å²) in [4.78, 5) is 48.1. The molecular formula is C27H24O9S. The van der Waals surface area contributed by atoms with Crippen LogP contribution in [0.15, 0.2) is 64.4 Å². The number of carbonyl (C=O) groups excluding carboxylic acids is 2. The van der Waals surface area contributed by atoms with Crippen molar-refractivity contribution >= 4 is 35.1 Å². The summed E-state index contributed by atoms with van der Waals surface area (Å²) in [5, 5.41) is 19.0. The van der Waals surface area contributed by atoms with Gasteiger partial charge in [-0.15, -0.1) is 0 Å². The maximum atomic E-state index is 13.1. The van der Waals surface area contributed by atoms with Gasteiger partial charge in [-0.1, -0.05) is 25.1 Å². The monoisotopic (exact) mass is 524 g/mol. The molecule has 0 aromatic heterocycles. The van der Waals surface area contributed by atoms with Gasteiger partial charge in [-0.05, 0) is 54.3 Å². The number of carbonyl (C=O) groups is 4. The largest absolute Gasteiger partial charge is 0.606 e. The number of carboxylic acid groups (broad SMARTS) is 2. The molecule has 1 unspecified atom stereocenters. The fraction of sp³-hybridized carbons (Fsp3) is 0.185. The smallest absolute Gasteiger partial charge is 0.339 e. The fourth-order valence-corrected chi connectivity index (χ4v) is 4.81. The number of aromatic carboxylic acids is 2. The minimum atomic E-state index is -2.00. The number of methoxy groups -OCH3 is 1. The molecule has 3 aromatic rings. The molecule has 0 aliphatic rings. The van der Waals surface area contributed by atoms with Gasteiger partial charge in [-0.25, -0.2) is 19.2 Å². The van der Waals surface area contributed by atoms with Gasteiger partial charge in [-0.2, -0.15) is 0 Å². The summed E-state index contributed by atoms with van der Waals surface area (Å²) in [7, 11) is 1.08. The van der Waals surface area contributed by atoms with Crippen molar-refractivity contribution in [3.05, 3.63) is 93.5 Å². The predicted molar refractivity (Wildman–Crippen MR) is 132 cm³/mol. The van der Waals surface area contributed by atoms with Crippen LogP contribution >= 0.6 is 0 Å². The minimum Gasteiger partial charge on any atom is -0.606 e. The topological polar surface area (TPSA) is 150 Å². The Balaban J connectivity index is 1.88. The second-order valence-electron chi connectivity index (χ2n) is 7.98. The van der Waals surface area contributed by atoms with Gasteiger partial charge in [0.05, 0.1) is 29.4 Å². The third-order valence-corrected chi connectivity index (χ3v) is 7.02. The fourth-order valence-electron chi connectivity index (χ4n) is 3.70. The number of hydrogen-bond acceptors (Lipinski definition) is 7. The number of esters is 2. The van der Waals surface area contributed by atoms with Gasteiger partial charge in [0.25, 0.3) is 0 Å². The Morgan fingerprint density at radius 3 is 1.95 bits per heavy atom. The highest BCUT2D eigenvalue weighted by molar-refractivity contribution is 7.91. The van der Waals surface area contributed by atoms with E-state index in [0.29, 0.717) is 0 Å². The summed E-state index contributed by atoms with van der Waals surface area (Å²) in [5.41, 5.74) is 1.71. The van der Waals surface area contributed by atoms with Gasteiger partial charge < -0.3 is 24.2 Å². The van der Waals surface area contributed by atoms with Crippen LogP contribution in [0.3, 0.4) is 0 Å². The lowest BCUT2D eigenvalue weighted by Gasteiger charge is -2.14. The second kappa shape index (κ2) is 11.7. The van der Waals surface area contributed by atoms with Crippen LogP contribution in [0.5, 0.6) is 0 Å². The Morgan fingerprint density at radius 1 is 0.811 bits per heavy atom. The maximum absolute atomic E-state index is 13.1. The number of carboxylic acids is 2. The highest BCUT2D eigenvalue weighted by Gasteiger charge is 2.26. The lowest BCUT2D eigenvalue weighted by atomic mass is 10.0. The lowest BCUT2D eigenvalue weighted by molar-refractivity contribution is 0.0463. The minimum absolute atomic E-state index is 0.0265. The summed E-state index contributed by atoms with van der Waals surface area (Å²) in [6.45, 7) is 3.94. The van der Waals surface area contributed by atoms with E-state index in [2.05, 4.69) is 4.74 Å². The van der Waals surface area contributed by atoms with E-state index >= 15 is 0 Å². The van der Waals surface area contributed by atoms with E-state index < -0.39 is 40.6 Å². The average molecular weight is 525 g/mol. The predicted octanol–water partition coefficient (Wildman–Crippen LogP) is 4.26. The standard InChI is InChI=1S/C27H24O9S/c1-4-17-6-5-16(11-15(17)2)14-36-27(33)21-10-8-18(12-22(21)25(30)31)37(34)19-7-9-20(24(28)29)23(13-19)26(32)35-3/h5-13H,4,14H2,1-3H3,(H,28,29)(H,30,31). The molecule has 0 radical (unpaired) electrons. The highest BCUT2D eigenvalue weighted by atomic mass is 32.2. The first-order valence-corrected chi connectivity index (χ1v) is 12.2. The van der Waals surface area contributed by atoms with E-state index in [1.54, 1.807) is 0 Å². The van der Waals surface area contributed by atoms with E-state index in [1.807, 2.05) is 32.0 Å². The van der Waals surface area contributed by atoms with E-state index in [9.17, 15) is 33.9 Å². The zero-order valence-corrected chi connectivity index (χ0v) is 21.1.